The summed E-state index contributed by atoms with van der Waals surface area (Å²) in [6, 6.07) is 0. The minimum absolute atomic E-state index is 0.257. The molecule has 0 N–H and O–H groups in total. The molecule has 0 heterocycles. The Labute approximate surface area is 106 Å². The monoisotopic (exact) mass is 256 g/mol. The van der Waals surface area contributed by atoms with Crippen molar-refractivity contribution in [2.45, 2.75) is 53.1 Å². The maximum absolute atomic E-state index is 12.7. The van der Waals surface area contributed by atoms with Crippen LogP contribution in [0.5, 0.6) is 0 Å². The highest BCUT2D eigenvalue weighted by Crippen LogP contribution is 2.58. The van der Waals surface area contributed by atoms with Crippen molar-refractivity contribution in [3.8, 4) is 0 Å². The quantitative estimate of drug-likeness (QED) is 0.670. The van der Waals surface area contributed by atoms with Gasteiger partial charge in [0.15, 0.2) is 0 Å². The lowest BCUT2D eigenvalue weighted by molar-refractivity contribution is -0.148. The molecule has 2 rings (SSSR count). The number of hydrogen-bond donors (Lipinski definition) is 0. The first-order valence-corrected chi connectivity index (χ1v) is 6.29. The van der Waals surface area contributed by atoms with E-state index in [1.54, 1.807) is 0 Å². The van der Waals surface area contributed by atoms with Gasteiger partial charge in [0.1, 0.15) is 0 Å². The lowest BCUT2D eigenvalue weighted by Gasteiger charge is -2.19. The molecule has 0 unspecified atom stereocenters. The van der Waals surface area contributed by atoms with Crippen molar-refractivity contribution < 1.29 is 13.2 Å². The first-order valence-electron chi connectivity index (χ1n) is 6.29. The van der Waals surface area contributed by atoms with Gasteiger partial charge in [-0.25, -0.2) is 0 Å². The normalized spacial score (nSPS) is 23.3. The van der Waals surface area contributed by atoms with Crippen molar-refractivity contribution in [1.29, 1.82) is 0 Å². The third kappa shape index (κ3) is 1.94. The van der Waals surface area contributed by atoms with Crippen molar-refractivity contribution in [2.75, 3.05) is 0 Å². The molecule has 0 bridgehead atoms. The van der Waals surface area contributed by atoms with Gasteiger partial charge in [0.25, 0.3) is 0 Å². The molecule has 2 atom stereocenters. The van der Waals surface area contributed by atoms with Crippen LogP contribution < -0.4 is 0 Å². The number of hydrogen-bond acceptors (Lipinski definition) is 0. The summed E-state index contributed by atoms with van der Waals surface area (Å²) < 4.78 is 38.2. The van der Waals surface area contributed by atoms with E-state index < -0.39 is 12.1 Å². The first kappa shape index (κ1) is 13.4. The van der Waals surface area contributed by atoms with Crippen molar-refractivity contribution in [2.24, 2.45) is 5.92 Å². The van der Waals surface area contributed by atoms with E-state index in [1.165, 1.54) is 5.56 Å². The highest BCUT2D eigenvalue weighted by molar-refractivity contribution is 5.52. The van der Waals surface area contributed by atoms with Gasteiger partial charge in [0.2, 0.25) is 0 Å². The van der Waals surface area contributed by atoms with E-state index in [0.717, 1.165) is 27.8 Å². The highest BCUT2D eigenvalue weighted by Gasteiger charge is 2.56. The Balaban J connectivity index is 2.49. The van der Waals surface area contributed by atoms with Crippen LogP contribution in [0.2, 0.25) is 0 Å². The molecule has 100 valence electrons. The smallest absolute Gasteiger partial charge is 0.171 e. The predicted molar refractivity (Wildman–Crippen MR) is 67.0 cm³/mol. The van der Waals surface area contributed by atoms with E-state index in [-0.39, 0.29) is 12.3 Å². The Morgan fingerprint density at radius 1 is 0.778 bits per heavy atom. The molecule has 1 aromatic rings. The van der Waals surface area contributed by atoms with Crippen molar-refractivity contribution in [3.05, 3.63) is 33.4 Å². The summed E-state index contributed by atoms with van der Waals surface area (Å²) in [6.07, 6.45) is -3.79. The largest absolute Gasteiger partial charge is 0.392 e. The van der Waals surface area contributed by atoms with Crippen LogP contribution in [-0.2, 0) is 0 Å². The molecule has 0 nitrogen and oxygen atoms in total. The van der Waals surface area contributed by atoms with Gasteiger partial charge in [-0.2, -0.15) is 13.2 Å². The number of rotatable bonds is 1. The first-order chi connectivity index (χ1) is 8.16. The molecule has 0 spiro atoms. The summed E-state index contributed by atoms with van der Waals surface area (Å²) in [7, 11) is 0. The van der Waals surface area contributed by atoms with E-state index in [2.05, 4.69) is 0 Å². The average molecular weight is 256 g/mol. The average Bonchev–Trinajstić information content (AvgIpc) is 3.04. The number of alkyl halides is 3. The van der Waals surface area contributed by atoms with Gasteiger partial charge in [-0.3, -0.25) is 0 Å². The fraction of sp³-hybridized carbons (Fsp3) is 0.600. The molecule has 1 aliphatic carbocycles. The van der Waals surface area contributed by atoms with Crippen LogP contribution in [0.4, 0.5) is 13.2 Å². The zero-order valence-corrected chi connectivity index (χ0v) is 11.5. The van der Waals surface area contributed by atoms with Gasteiger partial charge in [-0.05, 0) is 80.3 Å². The summed E-state index contributed by atoms with van der Waals surface area (Å²) in [5.41, 5.74) is 6.53. The van der Waals surface area contributed by atoms with Crippen LogP contribution in [0.1, 0.15) is 45.7 Å². The summed E-state index contributed by atoms with van der Waals surface area (Å²) in [5, 5.41) is 0. The van der Waals surface area contributed by atoms with E-state index in [9.17, 15) is 13.2 Å². The Morgan fingerprint density at radius 2 is 1.17 bits per heavy atom. The van der Waals surface area contributed by atoms with Gasteiger partial charge in [0.05, 0.1) is 5.92 Å². The molecule has 1 fully saturated rings. The van der Waals surface area contributed by atoms with E-state index in [1.807, 2.05) is 34.6 Å². The lowest BCUT2D eigenvalue weighted by atomic mass is 9.87. The third-order valence-corrected chi connectivity index (χ3v) is 4.64. The predicted octanol–water partition coefficient (Wildman–Crippen LogP) is 4.89. The van der Waals surface area contributed by atoms with Crippen LogP contribution in [0, 0.1) is 40.5 Å². The standard InChI is InChI=1S/C15H19F3/c1-7-8(2)10(4)14(11(5)9(7)3)12-6-13(12)15(16,17)18/h12-13H,6H2,1-5H3/t12-,13-/m0/s1. The molecule has 0 amide bonds. The lowest BCUT2D eigenvalue weighted by Crippen LogP contribution is -2.12. The second kappa shape index (κ2) is 4.01. The van der Waals surface area contributed by atoms with Crippen LogP contribution in [0.25, 0.3) is 0 Å². The molecule has 1 saturated carbocycles. The van der Waals surface area contributed by atoms with Crippen LogP contribution >= 0.6 is 0 Å². The van der Waals surface area contributed by atoms with E-state index >= 15 is 0 Å². The topological polar surface area (TPSA) is 0 Å². The van der Waals surface area contributed by atoms with Crippen molar-refractivity contribution in [3.63, 3.8) is 0 Å². The van der Waals surface area contributed by atoms with E-state index in [0.29, 0.717) is 0 Å². The Morgan fingerprint density at radius 3 is 1.50 bits per heavy atom. The molecule has 1 aromatic carbocycles. The minimum Gasteiger partial charge on any atom is -0.171 e. The molecule has 0 radical (unpaired) electrons. The molecule has 0 aliphatic heterocycles. The van der Waals surface area contributed by atoms with Crippen LogP contribution in [0.15, 0.2) is 0 Å². The van der Waals surface area contributed by atoms with Gasteiger partial charge in [0, 0.05) is 0 Å². The summed E-state index contributed by atoms with van der Waals surface area (Å²) in [4.78, 5) is 0. The zero-order chi connectivity index (χ0) is 13.8. The maximum Gasteiger partial charge on any atom is 0.392 e. The van der Waals surface area contributed by atoms with Gasteiger partial charge < -0.3 is 0 Å². The molecule has 3 heteroatoms. The Kier molecular flexibility index (Phi) is 2.99. The molecule has 0 aromatic heterocycles. The molecule has 1 aliphatic rings. The molecular formula is C15H19F3. The SMILES string of the molecule is Cc1c(C)c(C)c([C@H]2C[C@@H]2C(F)(F)F)c(C)c1C. The van der Waals surface area contributed by atoms with Gasteiger partial charge >= 0.3 is 6.18 Å². The fourth-order valence-corrected chi connectivity index (χ4v) is 2.96. The minimum atomic E-state index is -4.05. The Bertz CT molecular complexity index is 468. The third-order valence-electron chi connectivity index (χ3n) is 4.64. The van der Waals surface area contributed by atoms with Gasteiger partial charge in [-0.1, -0.05) is 0 Å². The summed E-state index contributed by atoms with van der Waals surface area (Å²) in [5.74, 6) is -1.44. The van der Waals surface area contributed by atoms with Crippen molar-refractivity contribution in [1.82, 2.24) is 0 Å². The second-order valence-corrected chi connectivity index (χ2v) is 5.53. The van der Waals surface area contributed by atoms with Gasteiger partial charge in [-0.15, -0.1) is 0 Å². The Hall–Kier alpha value is -0.990. The number of benzene rings is 1. The fourth-order valence-electron chi connectivity index (χ4n) is 2.96. The molecule has 18 heavy (non-hydrogen) atoms. The number of halogens is 3. The zero-order valence-electron chi connectivity index (χ0n) is 11.5. The maximum atomic E-state index is 12.7. The summed E-state index contributed by atoms with van der Waals surface area (Å²) in [6.45, 7) is 9.96. The molecule has 0 saturated heterocycles. The van der Waals surface area contributed by atoms with E-state index in [4.69, 9.17) is 0 Å². The van der Waals surface area contributed by atoms with Crippen LogP contribution in [0.3, 0.4) is 0 Å². The molecular weight excluding hydrogens is 237 g/mol. The highest BCUT2D eigenvalue weighted by atomic mass is 19.4. The summed E-state index contributed by atoms with van der Waals surface area (Å²) >= 11 is 0. The van der Waals surface area contributed by atoms with Crippen molar-refractivity contribution >= 4 is 0 Å². The van der Waals surface area contributed by atoms with Crippen LogP contribution in [-0.4, -0.2) is 6.18 Å². The second-order valence-electron chi connectivity index (χ2n) is 5.53.